The molecule has 2 aromatic rings. The molecule has 0 fully saturated rings. The summed E-state index contributed by atoms with van der Waals surface area (Å²) in [5.74, 6) is -0.397. The molecule has 1 N–H and O–H groups in total. The van der Waals surface area contributed by atoms with E-state index in [4.69, 9.17) is 4.74 Å². The summed E-state index contributed by atoms with van der Waals surface area (Å²) in [5, 5.41) is 9.28. The van der Waals surface area contributed by atoms with Crippen molar-refractivity contribution in [2.45, 2.75) is 58.3 Å². The average Bonchev–Trinajstić information content (AvgIpc) is 2.72. The van der Waals surface area contributed by atoms with E-state index in [1.54, 1.807) is 24.3 Å². The van der Waals surface area contributed by atoms with Crippen molar-refractivity contribution in [1.29, 1.82) is 0 Å². The zero-order chi connectivity index (χ0) is 20.2. The van der Waals surface area contributed by atoms with Crippen LogP contribution in [0.3, 0.4) is 0 Å². The third kappa shape index (κ3) is 7.18. The molecule has 0 atom stereocenters. The number of ether oxygens (including phenoxy) is 1. The second-order valence-corrected chi connectivity index (χ2v) is 7.05. The summed E-state index contributed by atoms with van der Waals surface area (Å²) < 4.78 is 5.72. The molecule has 0 heterocycles. The number of rotatable bonds is 13. The maximum atomic E-state index is 12.3. The monoisotopic (exact) mass is 382 g/mol. The zero-order valence-corrected chi connectivity index (χ0v) is 16.7. The molecule has 4 nitrogen and oxygen atoms in total. The lowest BCUT2D eigenvalue weighted by Crippen LogP contribution is -2.14. The minimum atomic E-state index is -0.590. The van der Waals surface area contributed by atoms with E-state index in [-0.39, 0.29) is 11.3 Å². The van der Waals surface area contributed by atoms with Crippen molar-refractivity contribution in [3.05, 3.63) is 59.7 Å². The molecule has 0 saturated heterocycles. The van der Waals surface area contributed by atoms with E-state index in [1.165, 1.54) is 69.2 Å². The third-order valence-corrected chi connectivity index (χ3v) is 4.72. The average molecular weight is 383 g/mol. The van der Waals surface area contributed by atoms with E-state index in [9.17, 15) is 14.7 Å². The Kier molecular flexibility index (Phi) is 9.26. The number of aromatic hydroxyl groups is 1. The lowest BCUT2D eigenvalue weighted by Gasteiger charge is -2.07. The predicted molar refractivity (Wildman–Crippen MR) is 111 cm³/mol. The fraction of sp³-hybridized carbons (Fsp3) is 0.417. The molecule has 2 rings (SSSR count). The Labute approximate surface area is 167 Å². The van der Waals surface area contributed by atoms with E-state index in [0.717, 1.165) is 6.42 Å². The van der Waals surface area contributed by atoms with Gasteiger partial charge in [-0.1, -0.05) is 51.9 Å². The number of hydrogen-bond donors (Lipinski definition) is 1. The lowest BCUT2D eigenvalue weighted by atomic mass is 10.0. The number of phenols is 1. The van der Waals surface area contributed by atoms with Crippen LogP contribution in [-0.2, 0) is 0 Å². The molecular weight excluding hydrogens is 352 g/mol. The number of hydrogen-bond acceptors (Lipinski definition) is 4. The van der Waals surface area contributed by atoms with Crippen LogP contribution in [-0.4, -0.2) is 23.3 Å². The normalized spacial score (nSPS) is 10.6. The molecule has 2 aromatic carbocycles. The Morgan fingerprint density at radius 2 is 1.18 bits per heavy atom. The number of Topliss-reactive ketones (excluding diaryl/α,β-unsaturated/α-hetero) is 2. The molecule has 4 heteroatoms. The van der Waals surface area contributed by atoms with Crippen molar-refractivity contribution in [2.24, 2.45) is 0 Å². The third-order valence-electron chi connectivity index (χ3n) is 4.72. The van der Waals surface area contributed by atoms with Gasteiger partial charge < -0.3 is 9.84 Å². The maximum Gasteiger partial charge on any atom is 0.233 e. The fourth-order valence-electron chi connectivity index (χ4n) is 3.00. The van der Waals surface area contributed by atoms with Crippen LogP contribution in [0.4, 0.5) is 0 Å². The SMILES string of the molecule is CCCCCCCCCCOc1ccc(C(=O)C(=O)c2ccc(O)cc2)cc1. The van der Waals surface area contributed by atoms with Crippen molar-refractivity contribution in [2.75, 3.05) is 6.61 Å². The summed E-state index contributed by atoms with van der Waals surface area (Å²) in [4.78, 5) is 24.5. The van der Waals surface area contributed by atoms with Gasteiger partial charge in [0.15, 0.2) is 0 Å². The van der Waals surface area contributed by atoms with Gasteiger partial charge in [0.25, 0.3) is 0 Å². The first-order chi connectivity index (χ1) is 13.6. The highest BCUT2D eigenvalue weighted by atomic mass is 16.5. The van der Waals surface area contributed by atoms with Gasteiger partial charge in [0.05, 0.1) is 6.61 Å². The van der Waals surface area contributed by atoms with Crippen molar-refractivity contribution in [3.8, 4) is 11.5 Å². The topological polar surface area (TPSA) is 63.6 Å². The quantitative estimate of drug-likeness (QED) is 0.263. The standard InChI is InChI=1S/C24H30O4/c1-2-3-4-5-6-7-8-9-18-28-22-16-12-20(13-17-22)24(27)23(26)19-10-14-21(25)15-11-19/h10-17,25H,2-9,18H2,1H3. The first-order valence-electron chi connectivity index (χ1n) is 10.2. The van der Waals surface area contributed by atoms with Crippen LogP contribution >= 0.6 is 0 Å². The molecule has 150 valence electrons. The van der Waals surface area contributed by atoms with Gasteiger partial charge in [0, 0.05) is 11.1 Å². The summed E-state index contributed by atoms with van der Waals surface area (Å²) in [6.45, 7) is 2.89. The van der Waals surface area contributed by atoms with Crippen molar-refractivity contribution >= 4 is 11.6 Å². The number of ketones is 2. The van der Waals surface area contributed by atoms with Crippen LogP contribution < -0.4 is 4.74 Å². The van der Waals surface area contributed by atoms with Gasteiger partial charge in [-0.25, -0.2) is 0 Å². The first-order valence-corrected chi connectivity index (χ1v) is 10.2. The molecule has 0 aliphatic heterocycles. The van der Waals surface area contributed by atoms with Crippen LogP contribution in [0.2, 0.25) is 0 Å². The number of carbonyl (C=O) groups excluding carboxylic acids is 2. The lowest BCUT2D eigenvalue weighted by molar-refractivity contribution is 0.0817. The summed E-state index contributed by atoms with van der Waals surface area (Å²) in [5.41, 5.74) is 0.593. The van der Waals surface area contributed by atoms with E-state index in [0.29, 0.717) is 17.9 Å². The van der Waals surface area contributed by atoms with Gasteiger partial charge in [-0.3, -0.25) is 9.59 Å². The highest BCUT2D eigenvalue weighted by Gasteiger charge is 2.18. The van der Waals surface area contributed by atoms with Crippen LogP contribution in [0.1, 0.15) is 79.0 Å². The number of carbonyl (C=O) groups is 2. The summed E-state index contributed by atoms with van der Waals surface area (Å²) in [6.07, 6.45) is 10.0. The predicted octanol–water partition coefficient (Wildman–Crippen LogP) is 5.98. The zero-order valence-electron chi connectivity index (χ0n) is 16.7. The molecule has 0 bridgehead atoms. The maximum absolute atomic E-state index is 12.3. The van der Waals surface area contributed by atoms with Crippen LogP contribution in [0.5, 0.6) is 11.5 Å². The van der Waals surface area contributed by atoms with Gasteiger partial charge in [0.2, 0.25) is 11.6 Å². The van der Waals surface area contributed by atoms with Crippen molar-refractivity contribution < 1.29 is 19.4 Å². The van der Waals surface area contributed by atoms with Gasteiger partial charge in [-0.15, -0.1) is 0 Å². The minimum absolute atomic E-state index is 0.0574. The Morgan fingerprint density at radius 1 is 0.714 bits per heavy atom. The molecule has 0 spiro atoms. The fourth-order valence-corrected chi connectivity index (χ4v) is 3.00. The molecule has 28 heavy (non-hydrogen) atoms. The highest BCUT2D eigenvalue weighted by molar-refractivity contribution is 6.49. The van der Waals surface area contributed by atoms with Gasteiger partial charge in [0.1, 0.15) is 11.5 Å². The van der Waals surface area contributed by atoms with Crippen LogP contribution in [0, 0.1) is 0 Å². The number of unbranched alkanes of at least 4 members (excludes halogenated alkanes) is 7. The Morgan fingerprint density at radius 3 is 1.71 bits per heavy atom. The van der Waals surface area contributed by atoms with Gasteiger partial charge in [-0.05, 0) is 55.0 Å². The molecule has 0 saturated carbocycles. The molecule has 0 radical (unpaired) electrons. The van der Waals surface area contributed by atoms with E-state index >= 15 is 0 Å². The molecule has 0 aliphatic rings. The Bertz CT molecular complexity index is 732. The molecular formula is C24H30O4. The smallest absolute Gasteiger partial charge is 0.233 e. The van der Waals surface area contributed by atoms with Crippen molar-refractivity contribution in [3.63, 3.8) is 0 Å². The second-order valence-electron chi connectivity index (χ2n) is 7.05. The van der Waals surface area contributed by atoms with E-state index < -0.39 is 11.6 Å². The molecule has 0 unspecified atom stereocenters. The van der Waals surface area contributed by atoms with Gasteiger partial charge in [-0.2, -0.15) is 0 Å². The minimum Gasteiger partial charge on any atom is -0.508 e. The van der Waals surface area contributed by atoms with Crippen LogP contribution in [0.25, 0.3) is 0 Å². The van der Waals surface area contributed by atoms with Crippen LogP contribution in [0.15, 0.2) is 48.5 Å². The Hall–Kier alpha value is -2.62. The van der Waals surface area contributed by atoms with Gasteiger partial charge >= 0.3 is 0 Å². The Balaban J connectivity index is 1.71. The molecule has 0 amide bonds. The van der Waals surface area contributed by atoms with Crippen molar-refractivity contribution in [1.82, 2.24) is 0 Å². The summed E-state index contributed by atoms with van der Waals surface area (Å²) in [6, 6.07) is 12.3. The number of phenolic OH excluding ortho intramolecular Hbond substituents is 1. The highest BCUT2D eigenvalue weighted by Crippen LogP contribution is 2.17. The van der Waals surface area contributed by atoms with E-state index in [1.807, 2.05) is 0 Å². The molecule has 0 aliphatic carbocycles. The summed E-state index contributed by atoms with van der Waals surface area (Å²) >= 11 is 0. The summed E-state index contributed by atoms with van der Waals surface area (Å²) in [7, 11) is 0. The number of benzene rings is 2. The second kappa shape index (κ2) is 12.0. The molecule has 0 aromatic heterocycles. The first kappa shape index (κ1) is 21.7. The van der Waals surface area contributed by atoms with E-state index in [2.05, 4.69) is 6.92 Å². The largest absolute Gasteiger partial charge is 0.508 e.